The molecule has 4 nitrogen and oxygen atoms in total. The number of rotatable bonds is 4. The molecule has 0 atom stereocenters. The van der Waals surface area contributed by atoms with Gasteiger partial charge in [0.05, 0.1) is 0 Å². The van der Waals surface area contributed by atoms with Gasteiger partial charge in [-0.1, -0.05) is 51.1 Å². The van der Waals surface area contributed by atoms with Crippen LogP contribution in [0.1, 0.15) is 45.7 Å². The molecule has 138 valence electrons. The largest absolute Gasteiger partial charge is 0.325 e. The van der Waals surface area contributed by atoms with E-state index < -0.39 is 5.41 Å². The molecule has 2 aromatic carbocycles. The summed E-state index contributed by atoms with van der Waals surface area (Å²) in [5.74, 6) is -0.678. The van der Waals surface area contributed by atoms with E-state index in [9.17, 15) is 9.59 Å². The summed E-state index contributed by atoms with van der Waals surface area (Å²) in [5, 5.41) is 5.69. The van der Waals surface area contributed by atoms with Gasteiger partial charge in [0, 0.05) is 11.4 Å². The minimum Gasteiger partial charge on any atom is -0.325 e. The molecule has 0 aliphatic heterocycles. The molecule has 0 bridgehead atoms. The second kappa shape index (κ2) is 7.32. The number of nitrogens with one attached hydrogen (secondary N) is 2. The number of hydrogen-bond acceptors (Lipinski definition) is 2. The zero-order chi connectivity index (χ0) is 19.5. The quantitative estimate of drug-likeness (QED) is 0.769. The summed E-state index contributed by atoms with van der Waals surface area (Å²) >= 11 is 0. The molecule has 2 N–H and O–H groups in total. The maximum absolute atomic E-state index is 12.7. The van der Waals surface area contributed by atoms with Gasteiger partial charge in [-0.05, 0) is 55.5 Å². The summed E-state index contributed by atoms with van der Waals surface area (Å²) in [5.41, 5.74) is 2.38. The van der Waals surface area contributed by atoms with Gasteiger partial charge in [-0.2, -0.15) is 0 Å². The predicted octanol–water partition coefficient (Wildman–Crippen LogP) is 4.90. The number of para-hydroxylation sites is 1. The number of anilines is 2. The first-order valence-corrected chi connectivity index (χ1v) is 8.81. The normalized spacial score (nSPS) is 11.8. The Balaban J connectivity index is 2.09. The Morgan fingerprint density at radius 3 is 1.85 bits per heavy atom. The third kappa shape index (κ3) is 4.51. The molecule has 0 radical (unpaired) electrons. The van der Waals surface area contributed by atoms with E-state index in [0.29, 0.717) is 11.4 Å². The average Bonchev–Trinajstić information content (AvgIpc) is 2.56. The van der Waals surface area contributed by atoms with E-state index in [-0.39, 0.29) is 17.2 Å². The molecule has 0 spiro atoms. The topological polar surface area (TPSA) is 58.2 Å². The van der Waals surface area contributed by atoms with Crippen LogP contribution in [0.15, 0.2) is 48.5 Å². The van der Waals surface area contributed by atoms with E-state index in [2.05, 4.69) is 31.4 Å². The second-order valence-electron chi connectivity index (χ2n) is 8.18. The molecule has 26 heavy (non-hydrogen) atoms. The summed E-state index contributed by atoms with van der Waals surface area (Å²) < 4.78 is 0. The first kappa shape index (κ1) is 19.7. The molecule has 0 heterocycles. The van der Waals surface area contributed by atoms with Crippen LogP contribution in [0, 0.1) is 12.3 Å². The van der Waals surface area contributed by atoms with Gasteiger partial charge in [0.1, 0.15) is 5.41 Å². The van der Waals surface area contributed by atoms with Crippen LogP contribution < -0.4 is 10.6 Å². The highest BCUT2D eigenvalue weighted by atomic mass is 16.2. The van der Waals surface area contributed by atoms with Crippen LogP contribution in [0.4, 0.5) is 11.4 Å². The molecule has 2 amide bonds. The molecule has 0 aliphatic carbocycles. The van der Waals surface area contributed by atoms with Crippen LogP contribution in [0.2, 0.25) is 0 Å². The highest BCUT2D eigenvalue weighted by molar-refractivity contribution is 6.14. The number of carbonyl (C=O) groups excluding carboxylic acids is 2. The molecule has 0 aliphatic rings. The molecule has 0 saturated heterocycles. The van der Waals surface area contributed by atoms with Gasteiger partial charge in [0.2, 0.25) is 11.8 Å². The van der Waals surface area contributed by atoms with Crippen molar-refractivity contribution < 1.29 is 9.59 Å². The number of amides is 2. The smallest absolute Gasteiger partial charge is 0.239 e. The van der Waals surface area contributed by atoms with Crippen LogP contribution in [0.25, 0.3) is 0 Å². The maximum Gasteiger partial charge on any atom is 0.239 e. The Morgan fingerprint density at radius 1 is 0.769 bits per heavy atom. The van der Waals surface area contributed by atoms with Gasteiger partial charge < -0.3 is 10.6 Å². The van der Waals surface area contributed by atoms with Crippen LogP contribution in [0.5, 0.6) is 0 Å². The summed E-state index contributed by atoms with van der Waals surface area (Å²) in [4.78, 5) is 25.3. The van der Waals surface area contributed by atoms with E-state index in [1.54, 1.807) is 13.8 Å². The van der Waals surface area contributed by atoms with Crippen molar-refractivity contribution in [3.8, 4) is 0 Å². The predicted molar refractivity (Wildman–Crippen MR) is 107 cm³/mol. The second-order valence-corrected chi connectivity index (χ2v) is 8.18. The van der Waals surface area contributed by atoms with Crippen molar-refractivity contribution in [2.45, 2.75) is 47.0 Å². The average molecular weight is 352 g/mol. The fraction of sp³-hybridized carbons (Fsp3) is 0.364. The Hall–Kier alpha value is -2.62. The molecule has 2 aromatic rings. The van der Waals surface area contributed by atoms with E-state index in [4.69, 9.17) is 0 Å². The summed E-state index contributed by atoms with van der Waals surface area (Å²) in [7, 11) is 0. The zero-order valence-electron chi connectivity index (χ0n) is 16.4. The number of aryl methyl sites for hydroxylation is 1. The van der Waals surface area contributed by atoms with Crippen molar-refractivity contribution in [1.82, 2.24) is 0 Å². The molecule has 0 unspecified atom stereocenters. The number of carbonyl (C=O) groups is 2. The minimum atomic E-state index is -1.20. The van der Waals surface area contributed by atoms with Gasteiger partial charge in [-0.15, -0.1) is 0 Å². The molecule has 0 aromatic heterocycles. The van der Waals surface area contributed by atoms with Crippen molar-refractivity contribution >= 4 is 23.2 Å². The molecular weight excluding hydrogens is 324 g/mol. The lowest BCUT2D eigenvalue weighted by Crippen LogP contribution is -2.41. The lowest BCUT2D eigenvalue weighted by atomic mass is 9.87. The van der Waals surface area contributed by atoms with Gasteiger partial charge in [-0.25, -0.2) is 0 Å². The van der Waals surface area contributed by atoms with Crippen molar-refractivity contribution in [2.24, 2.45) is 5.41 Å². The standard InChI is InChI=1S/C22H28N2O2/c1-15-9-7-8-10-18(15)24-20(26)22(5,6)19(25)23-17-13-11-16(12-14-17)21(2,3)4/h7-14H,1-6H3,(H,23,25)(H,24,26). The van der Waals surface area contributed by atoms with Crippen LogP contribution in [0.3, 0.4) is 0 Å². The molecule has 0 saturated carbocycles. The lowest BCUT2D eigenvalue weighted by Gasteiger charge is -2.24. The van der Waals surface area contributed by atoms with Gasteiger partial charge in [0.25, 0.3) is 0 Å². The van der Waals surface area contributed by atoms with Crippen molar-refractivity contribution in [2.75, 3.05) is 10.6 Å². The molecule has 2 rings (SSSR count). The van der Waals surface area contributed by atoms with Crippen LogP contribution in [-0.2, 0) is 15.0 Å². The maximum atomic E-state index is 12.7. The summed E-state index contributed by atoms with van der Waals surface area (Å²) in [6, 6.07) is 15.2. The number of benzene rings is 2. The molecule has 4 heteroatoms. The highest BCUT2D eigenvalue weighted by Gasteiger charge is 2.36. The minimum absolute atomic E-state index is 0.0508. The van der Waals surface area contributed by atoms with E-state index >= 15 is 0 Å². The van der Waals surface area contributed by atoms with Crippen molar-refractivity contribution in [1.29, 1.82) is 0 Å². The Kier molecular flexibility index (Phi) is 5.55. The first-order valence-electron chi connectivity index (χ1n) is 8.81. The summed E-state index contributed by atoms with van der Waals surface area (Å²) in [6.45, 7) is 11.6. The first-order chi connectivity index (χ1) is 12.0. The number of hydrogen-bond donors (Lipinski definition) is 2. The fourth-order valence-corrected chi connectivity index (χ4v) is 2.44. The monoisotopic (exact) mass is 352 g/mol. The third-order valence-electron chi connectivity index (χ3n) is 4.54. The van der Waals surface area contributed by atoms with E-state index in [0.717, 1.165) is 5.56 Å². The zero-order valence-corrected chi connectivity index (χ0v) is 16.4. The highest BCUT2D eigenvalue weighted by Crippen LogP contribution is 2.26. The lowest BCUT2D eigenvalue weighted by molar-refractivity contribution is -0.135. The van der Waals surface area contributed by atoms with E-state index in [1.807, 2.05) is 55.5 Å². The Bertz CT molecular complexity index is 800. The van der Waals surface area contributed by atoms with Crippen molar-refractivity contribution in [3.05, 3.63) is 59.7 Å². The van der Waals surface area contributed by atoms with Crippen LogP contribution in [-0.4, -0.2) is 11.8 Å². The van der Waals surface area contributed by atoms with Gasteiger partial charge >= 0.3 is 0 Å². The third-order valence-corrected chi connectivity index (χ3v) is 4.54. The SMILES string of the molecule is Cc1ccccc1NC(=O)C(C)(C)C(=O)Nc1ccc(C(C)(C)C)cc1. The fourth-order valence-electron chi connectivity index (χ4n) is 2.44. The Morgan fingerprint density at radius 2 is 1.31 bits per heavy atom. The van der Waals surface area contributed by atoms with Gasteiger partial charge in [-0.3, -0.25) is 9.59 Å². The van der Waals surface area contributed by atoms with Gasteiger partial charge in [0.15, 0.2) is 0 Å². The Labute approximate surface area is 156 Å². The summed E-state index contributed by atoms with van der Waals surface area (Å²) in [6.07, 6.45) is 0. The molecule has 0 fully saturated rings. The molecular formula is C22H28N2O2. The van der Waals surface area contributed by atoms with Crippen LogP contribution >= 0.6 is 0 Å². The van der Waals surface area contributed by atoms with Crippen molar-refractivity contribution in [3.63, 3.8) is 0 Å². The van der Waals surface area contributed by atoms with E-state index in [1.165, 1.54) is 5.56 Å².